The highest BCUT2D eigenvalue weighted by atomic mass is 16.6. The maximum absolute atomic E-state index is 12.2. The first kappa shape index (κ1) is 17.1. The van der Waals surface area contributed by atoms with Crippen molar-refractivity contribution in [1.82, 2.24) is 9.80 Å². The molecule has 0 spiro atoms. The molecule has 2 aliphatic rings. The SMILES string of the molecule is CC(C)(C)OC(=O)N1CCCC(CN2CC(CN)CC2=O)C1. The number of amides is 2. The second kappa shape index (κ2) is 6.86. The molecule has 2 amide bonds. The fourth-order valence-corrected chi connectivity index (χ4v) is 3.21. The summed E-state index contributed by atoms with van der Waals surface area (Å²) < 4.78 is 5.44. The summed E-state index contributed by atoms with van der Waals surface area (Å²) in [5, 5.41) is 0. The molecule has 0 aromatic rings. The van der Waals surface area contributed by atoms with Crippen LogP contribution in [0.2, 0.25) is 0 Å². The van der Waals surface area contributed by atoms with Gasteiger partial charge in [-0.2, -0.15) is 0 Å². The first-order chi connectivity index (χ1) is 10.3. The quantitative estimate of drug-likeness (QED) is 0.856. The molecule has 0 bridgehead atoms. The summed E-state index contributed by atoms with van der Waals surface area (Å²) >= 11 is 0. The molecule has 2 aliphatic heterocycles. The van der Waals surface area contributed by atoms with Gasteiger partial charge in [-0.25, -0.2) is 4.79 Å². The standard InChI is InChI=1S/C16H29N3O3/c1-16(2,3)22-15(21)18-6-4-5-12(9-18)10-19-11-13(8-17)7-14(19)20/h12-13H,4-11,17H2,1-3H3. The van der Waals surface area contributed by atoms with E-state index in [9.17, 15) is 9.59 Å². The topological polar surface area (TPSA) is 75.9 Å². The van der Waals surface area contributed by atoms with Crippen LogP contribution in [0.5, 0.6) is 0 Å². The minimum Gasteiger partial charge on any atom is -0.444 e. The van der Waals surface area contributed by atoms with E-state index in [1.54, 1.807) is 4.90 Å². The van der Waals surface area contributed by atoms with E-state index in [1.807, 2.05) is 25.7 Å². The number of carbonyl (C=O) groups is 2. The molecule has 22 heavy (non-hydrogen) atoms. The van der Waals surface area contributed by atoms with Gasteiger partial charge in [-0.1, -0.05) is 0 Å². The Morgan fingerprint density at radius 3 is 2.64 bits per heavy atom. The number of ether oxygens (including phenoxy) is 1. The first-order valence-corrected chi connectivity index (χ1v) is 8.24. The molecule has 2 fully saturated rings. The molecule has 2 saturated heterocycles. The van der Waals surface area contributed by atoms with E-state index in [0.29, 0.717) is 25.4 Å². The fraction of sp³-hybridized carbons (Fsp3) is 0.875. The van der Waals surface area contributed by atoms with E-state index in [0.717, 1.165) is 32.5 Å². The van der Waals surface area contributed by atoms with Crippen LogP contribution >= 0.6 is 0 Å². The minimum atomic E-state index is -0.469. The van der Waals surface area contributed by atoms with Gasteiger partial charge in [-0.15, -0.1) is 0 Å². The Labute approximate surface area is 132 Å². The van der Waals surface area contributed by atoms with Crippen LogP contribution in [0.15, 0.2) is 0 Å². The normalized spacial score (nSPS) is 26.5. The molecular weight excluding hydrogens is 282 g/mol. The number of nitrogens with zero attached hydrogens (tertiary/aromatic N) is 2. The summed E-state index contributed by atoms with van der Waals surface area (Å²) in [6.45, 7) is 9.10. The van der Waals surface area contributed by atoms with Gasteiger partial charge in [-0.05, 0) is 52.0 Å². The van der Waals surface area contributed by atoms with Crippen LogP contribution in [0, 0.1) is 11.8 Å². The first-order valence-electron chi connectivity index (χ1n) is 8.24. The Balaban J connectivity index is 1.86. The van der Waals surface area contributed by atoms with Crippen LogP contribution in [-0.4, -0.2) is 60.1 Å². The molecule has 2 unspecified atom stereocenters. The van der Waals surface area contributed by atoms with E-state index in [4.69, 9.17) is 10.5 Å². The summed E-state index contributed by atoms with van der Waals surface area (Å²) in [5.74, 6) is 0.824. The van der Waals surface area contributed by atoms with Crippen molar-refractivity contribution in [3.8, 4) is 0 Å². The number of likely N-dealkylation sites (tertiary alicyclic amines) is 2. The molecule has 0 aromatic heterocycles. The summed E-state index contributed by atoms with van der Waals surface area (Å²) in [6, 6.07) is 0. The van der Waals surface area contributed by atoms with E-state index >= 15 is 0 Å². The van der Waals surface area contributed by atoms with E-state index in [-0.39, 0.29) is 17.9 Å². The predicted molar refractivity (Wildman–Crippen MR) is 84.3 cm³/mol. The highest BCUT2D eigenvalue weighted by Crippen LogP contribution is 2.23. The van der Waals surface area contributed by atoms with Gasteiger partial charge < -0.3 is 20.3 Å². The van der Waals surface area contributed by atoms with Crippen molar-refractivity contribution in [2.45, 2.75) is 45.6 Å². The monoisotopic (exact) mass is 311 g/mol. The molecule has 2 heterocycles. The Bertz CT molecular complexity index is 419. The zero-order valence-electron chi connectivity index (χ0n) is 14.0. The molecule has 0 aliphatic carbocycles. The smallest absolute Gasteiger partial charge is 0.410 e. The van der Waals surface area contributed by atoms with Crippen LogP contribution in [0.1, 0.15) is 40.0 Å². The van der Waals surface area contributed by atoms with Gasteiger partial charge in [0.05, 0.1) is 0 Å². The van der Waals surface area contributed by atoms with Gasteiger partial charge in [0, 0.05) is 32.6 Å². The molecule has 0 radical (unpaired) electrons. The van der Waals surface area contributed by atoms with Crippen molar-refractivity contribution in [2.24, 2.45) is 17.6 Å². The lowest BCUT2D eigenvalue weighted by Gasteiger charge is -2.35. The van der Waals surface area contributed by atoms with Gasteiger partial charge in [0.2, 0.25) is 5.91 Å². The van der Waals surface area contributed by atoms with Crippen molar-refractivity contribution in [3.05, 3.63) is 0 Å². The number of nitrogens with two attached hydrogens (primary N) is 1. The van der Waals surface area contributed by atoms with Gasteiger partial charge in [0.1, 0.15) is 5.60 Å². The lowest BCUT2D eigenvalue weighted by Crippen LogP contribution is -2.45. The third-order valence-electron chi connectivity index (χ3n) is 4.28. The number of rotatable bonds is 3. The van der Waals surface area contributed by atoms with Crippen molar-refractivity contribution >= 4 is 12.0 Å². The maximum Gasteiger partial charge on any atom is 0.410 e. The van der Waals surface area contributed by atoms with Crippen molar-refractivity contribution in [2.75, 3.05) is 32.7 Å². The average Bonchev–Trinajstić information content (AvgIpc) is 2.78. The second-order valence-electron chi connectivity index (χ2n) is 7.54. The van der Waals surface area contributed by atoms with Gasteiger partial charge >= 0.3 is 6.09 Å². The lowest BCUT2D eigenvalue weighted by atomic mass is 9.98. The van der Waals surface area contributed by atoms with Crippen LogP contribution in [0.3, 0.4) is 0 Å². The highest BCUT2D eigenvalue weighted by molar-refractivity contribution is 5.78. The average molecular weight is 311 g/mol. The van der Waals surface area contributed by atoms with E-state index < -0.39 is 5.60 Å². The highest BCUT2D eigenvalue weighted by Gasteiger charge is 2.33. The Morgan fingerprint density at radius 2 is 2.05 bits per heavy atom. The van der Waals surface area contributed by atoms with Crippen molar-refractivity contribution in [3.63, 3.8) is 0 Å². The fourth-order valence-electron chi connectivity index (χ4n) is 3.21. The number of piperidine rings is 1. The summed E-state index contributed by atoms with van der Waals surface area (Å²) in [6.07, 6.45) is 2.34. The van der Waals surface area contributed by atoms with Gasteiger partial charge in [-0.3, -0.25) is 4.79 Å². The van der Waals surface area contributed by atoms with Gasteiger partial charge in [0.15, 0.2) is 0 Å². The molecule has 126 valence electrons. The molecule has 2 rings (SSSR count). The zero-order chi connectivity index (χ0) is 16.3. The van der Waals surface area contributed by atoms with Gasteiger partial charge in [0.25, 0.3) is 0 Å². The van der Waals surface area contributed by atoms with Crippen LogP contribution in [0.25, 0.3) is 0 Å². The molecule has 0 saturated carbocycles. The third kappa shape index (κ3) is 4.60. The third-order valence-corrected chi connectivity index (χ3v) is 4.28. The Morgan fingerprint density at radius 1 is 1.32 bits per heavy atom. The van der Waals surface area contributed by atoms with E-state index in [1.165, 1.54) is 0 Å². The van der Waals surface area contributed by atoms with E-state index in [2.05, 4.69) is 0 Å². The lowest BCUT2D eigenvalue weighted by molar-refractivity contribution is -0.128. The maximum atomic E-state index is 12.2. The zero-order valence-corrected chi connectivity index (χ0v) is 14.0. The number of carbonyl (C=O) groups excluding carboxylic acids is 2. The summed E-state index contributed by atoms with van der Waals surface area (Å²) in [7, 11) is 0. The Hall–Kier alpha value is -1.30. The summed E-state index contributed by atoms with van der Waals surface area (Å²) in [4.78, 5) is 27.8. The van der Waals surface area contributed by atoms with Crippen LogP contribution in [0.4, 0.5) is 4.79 Å². The molecule has 2 atom stereocenters. The molecule has 6 nitrogen and oxygen atoms in total. The number of hydrogen-bond donors (Lipinski definition) is 1. The van der Waals surface area contributed by atoms with Crippen molar-refractivity contribution in [1.29, 1.82) is 0 Å². The Kier molecular flexibility index (Phi) is 5.32. The largest absolute Gasteiger partial charge is 0.444 e. The van der Waals surface area contributed by atoms with Crippen LogP contribution in [-0.2, 0) is 9.53 Å². The molecule has 2 N–H and O–H groups in total. The van der Waals surface area contributed by atoms with Crippen LogP contribution < -0.4 is 5.73 Å². The van der Waals surface area contributed by atoms with Crippen molar-refractivity contribution < 1.29 is 14.3 Å². The second-order valence-corrected chi connectivity index (χ2v) is 7.54. The summed E-state index contributed by atoms with van der Waals surface area (Å²) in [5.41, 5.74) is 5.19. The predicted octanol–water partition coefficient (Wildman–Crippen LogP) is 1.44. The molecule has 0 aromatic carbocycles. The number of hydrogen-bond acceptors (Lipinski definition) is 4. The molecular formula is C16H29N3O3. The molecule has 6 heteroatoms. The minimum absolute atomic E-state index is 0.199.